The summed E-state index contributed by atoms with van der Waals surface area (Å²) in [5, 5.41) is 3.36. The highest BCUT2D eigenvalue weighted by molar-refractivity contribution is 6.30. The molecule has 2 amide bonds. The normalized spacial score (nSPS) is 12.2. The van der Waals surface area contributed by atoms with E-state index in [1.54, 1.807) is 19.1 Å². The summed E-state index contributed by atoms with van der Waals surface area (Å²) in [6, 6.07) is 14.4. The van der Waals surface area contributed by atoms with Crippen molar-refractivity contribution in [3.05, 3.63) is 64.7 Å². The third kappa shape index (κ3) is 6.77. The van der Waals surface area contributed by atoms with E-state index in [0.29, 0.717) is 17.3 Å². The lowest BCUT2D eigenvalue weighted by Crippen LogP contribution is -2.49. The Morgan fingerprint density at radius 2 is 1.80 bits per heavy atom. The van der Waals surface area contributed by atoms with Gasteiger partial charge in [0.1, 0.15) is 11.8 Å². The number of hydrogen-bond acceptors (Lipinski definition) is 3. The molecule has 2 rings (SSSR count). The zero-order valence-electron chi connectivity index (χ0n) is 18.4. The molecular weight excluding hydrogens is 400 g/mol. The second kappa shape index (κ2) is 10.5. The van der Waals surface area contributed by atoms with Gasteiger partial charge < -0.3 is 15.0 Å². The van der Waals surface area contributed by atoms with Crippen LogP contribution in [0.25, 0.3) is 0 Å². The van der Waals surface area contributed by atoms with Crippen LogP contribution in [-0.2, 0) is 21.5 Å². The van der Waals surface area contributed by atoms with E-state index in [4.69, 9.17) is 16.3 Å². The van der Waals surface area contributed by atoms with Gasteiger partial charge in [-0.05, 0) is 54.7 Å². The van der Waals surface area contributed by atoms with Crippen molar-refractivity contribution in [2.45, 2.75) is 52.6 Å². The van der Waals surface area contributed by atoms with E-state index in [0.717, 1.165) is 5.56 Å². The standard InChI is InChI=1S/C24H31ClN2O3/c1-6-26-23(29)17(2)27(15-18-8-7-9-20(25)14-18)22(28)16-30-21-12-10-19(11-13-21)24(3,4)5/h7-14,17H,6,15-16H2,1-5H3,(H,26,29)/t17-/m1/s1. The van der Waals surface area contributed by atoms with Crippen LogP contribution >= 0.6 is 11.6 Å². The SMILES string of the molecule is CCNC(=O)[C@@H](C)N(Cc1cccc(Cl)c1)C(=O)COc1ccc(C(C)(C)C)cc1. The van der Waals surface area contributed by atoms with Crippen molar-refractivity contribution < 1.29 is 14.3 Å². The van der Waals surface area contributed by atoms with Gasteiger partial charge in [0.05, 0.1) is 0 Å². The Kier molecular flexibility index (Phi) is 8.30. The summed E-state index contributed by atoms with van der Waals surface area (Å²) >= 11 is 6.08. The quantitative estimate of drug-likeness (QED) is 0.667. The van der Waals surface area contributed by atoms with E-state index >= 15 is 0 Å². The summed E-state index contributed by atoms with van der Waals surface area (Å²) in [5.74, 6) is 0.140. The van der Waals surface area contributed by atoms with Crippen LogP contribution in [0.5, 0.6) is 5.75 Å². The van der Waals surface area contributed by atoms with Crippen LogP contribution in [0.1, 0.15) is 45.7 Å². The molecule has 30 heavy (non-hydrogen) atoms. The topological polar surface area (TPSA) is 58.6 Å². The Morgan fingerprint density at radius 1 is 1.13 bits per heavy atom. The fourth-order valence-corrected chi connectivity index (χ4v) is 3.23. The second-order valence-electron chi connectivity index (χ2n) is 8.29. The van der Waals surface area contributed by atoms with Gasteiger partial charge in [0, 0.05) is 18.1 Å². The van der Waals surface area contributed by atoms with Crippen molar-refractivity contribution in [2.75, 3.05) is 13.2 Å². The molecule has 2 aromatic rings. The number of amides is 2. The Bertz CT molecular complexity index is 859. The molecule has 0 saturated carbocycles. The number of benzene rings is 2. The van der Waals surface area contributed by atoms with E-state index in [9.17, 15) is 9.59 Å². The van der Waals surface area contributed by atoms with E-state index in [-0.39, 0.29) is 30.4 Å². The smallest absolute Gasteiger partial charge is 0.261 e. The molecule has 0 spiro atoms. The van der Waals surface area contributed by atoms with Crippen molar-refractivity contribution in [3.63, 3.8) is 0 Å². The summed E-state index contributed by atoms with van der Waals surface area (Å²) in [6.07, 6.45) is 0. The van der Waals surface area contributed by atoms with Gasteiger partial charge in [0.15, 0.2) is 6.61 Å². The Hall–Kier alpha value is -2.53. The van der Waals surface area contributed by atoms with E-state index in [2.05, 4.69) is 26.1 Å². The fraction of sp³-hybridized carbons (Fsp3) is 0.417. The van der Waals surface area contributed by atoms with Crippen molar-refractivity contribution in [2.24, 2.45) is 0 Å². The minimum Gasteiger partial charge on any atom is -0.484 e. The van der Waals surface area contributed by atoms with E-state index in [1.165, 1.54) is 10.5 Å². The number of carbonyl (C=O) groups excluding carboxylic acids is 2. The molecular formula is C24H31ClN2O3. The predicted octanol–water partition coefficient (Wildman–Crippen LogP) is 4.57. The molecule has 0 bridgehead atoms. The lowest BCUT2D eigenvalue weighted by Gasteiger charge is -2.28. The van der Waals surface area contributed by atoms with Gasteiger partial charge in [-0.2, -0.15) is 0 Å². The number of halogens is 1. The Balaban J connectivity index is 2.12. The third-order valence-corrected chi connectivity index (χ3v) is 5.08. The van der Waals surface area contributed by atoms with Crippen LogP contribution in [0, 0.1) is 0 Å². The number of likely N-dealkylation sites (N-methyl/N-ethyl adjacent to an activating group) is 1. The van der Waals surface area contributed by atoms with E-state index < -0.39 is 6.04 Å². The molecule has 0 aliphatic rings. The molecule has 0 aliphatic heterocycles. The van der Waals surface area contributed by atoms with Gasteiger partial charge in [-0.3, -0.25) is 9.59 Å². The monoisotopic (exact) mass is 430 g/mol. The predicted molar refractivity (Wildman–Crippen MR) is 121 cm³/mol. The van der Waals surface area contributed by atoms with Crippen LogP contribution in [0.15, 0.2) is 48.5 Å². The Labute approximate surface area is 184 Å². The minimum absolute atomic E-state index is 0.0458. The average Bonchev–Trinajstić information content (AvgIpc) is 2.69. The number of nitrogens with one attached hydrogen (secondary N) is 1. The van der Waals surface area contributed by atoms with Crippen LogP contribution in [-0.4, -0.2) is 35.9 Å². The molecule has 5 nitrogen and oxygen atoms in total. The van der Waals surface area contributed by atoms with Crippen LogP contribution in [0.2, 0.25) is 5.02 Å². The number of ether oxygens (including phenoxy) is 1. The molecule has 2 aromatic carbocycles. The maximum atomic E-state index is 13.0. The molecule has 0 saturated heterocycles. The second-order valence-corrected chi connectivity index (χ2v) is 8.72. The van der Waals surface area contributed by atoms with E-state index in [1.807, 2.05) is 43.3 Å². The summed E-state index contributed by atoms with van der Waals surface area (Å²) < 4.78 is 5.72. The first-order valence-corrected chi connectivity index (χ1v) is 10.5. The molecule has 0 aliphatic carbocycles. The number of rotatable bonds is 8. The zero-order chi connectivity index (χ0) is 22.3. The van der Waals surface area contributed by atoms with Crippen molar-refractivity contribution in [3.8, 4) is 5.75 Å². The van der Waals surface area contributed by atoms with Gasteiger partial charge in [0.25, 0.3) is 5.91 Å². The average molecular weight is 431 g/mol. The van der Waals surface area contributed by atoms with Crippen molar-refractivity contribution in [1.82, 2.24) is 10.2 Å². The third-order valence-electron chi connectivity index (χ3n) is 4.84. The first kappa shape index (κ1) is 23.7. The molecule has 0 radical (unpaired) electrons. The summed E-state index contributed by atoms with van der Waals surface area (Å²) in [4.78, 5) is 26.9. The van der Waals surface area contributed by atoms with Crippen LogP contribution in [0.3, 0.4) is 0 Å². The maximum absolute atomic E-state index is 13.0. The number of hydrogen-bond donors (Lipinski definition) is 1. The highest BCUT2D eigenvalue weighted by Crippen LogP contribution is 2.24. The largest absolute Gasteiger partial charge is 0.484 e. The highest BCUT2D eigenvalue weighted by Gasteiger charge is 2.26. The molecule has 0 unspecified atom stereocenters. The molecule has 0 fully saturated rings. The van der Waals surface area contributed by atoms with Gasteiger partial charge in [-0.25, -0.2) is 0 Å². The van der Waals surface area contributed by atoms with Crippen molar-refractivity contribution >= 4 is 23.4 Å². The fourth-order valence-electron chi connectivity index (χ4n) is 3.02. The van der Waals surface area contributed by atoms with Gasteiger partial charge >= 0.3 is 0 Å². The number of carbonyl (C=O) groups is 2. The summed E-state index contributed by atoms with van der Waals surface area (Å²) in [6.45, 7) is 10.6. The lowest BCUT2D eigenvalue weighted by molar-refractivity contribution is -0.142. The zero-order valence-corrected chi connectivity index (χ0v) is 19.1. The lowest BCUT2D eigenvalue weighted by atomic mass is 9.87. The molecule has 1 atom stereocenters. The first-order valence-electron chi connectivity index (χ1n) is 10.2. The first-order chi connectivity index (χ1) is 14.1. The molecule has 1 N–H and O–H groups in total. The minimum atomic E-state index is -0.636. The number of nitrogens with zero attached hydrogens (tertiary/aromatic N) is 1. The van der Waals surface area contributed by atoms with Crippen LogP contribution < -0.4 is 10.1 Å². The molecule has 0 aromatic heterocycles. The molecule has 6 heteroatoms. The van der Waals surface area contributed by atoms with Crippen molar-refractivity contribution in [1.29, 1.82) is 0 Å². The van der Waals surface area contributed by atoms with Crippen LogP contribution in [0.4, 0.5) is 0 Å². The highest BCUT2D eigenvalue weighted by atomic mass is 35.5. The van der Waals surface area contributed by atoms with Gasteiger partial charge in [-0.1, -0.05) is 56.6 Å². The maximum Gasteiger partial charge on any atom is 0.261 e. The van der Waals surface area contributed by atoms with Gasteiger partial charge in [-0.15, -0.1) is 0 Å². The molecule has 162 valence electrons. The van der Waals surface area contributed by atoms with Gasteiger partial charge in [0.2, 0.25) is 5.91 Å². The summed E-state index contributed by atoms with van der Waals surface area (Å²) in [7, 11) is 0. The summed E-state index contributed by atoms with van der Waals surface area (Å²) in [5.41, 5.74) is 2.08. The molecule has 0 heterocycles. The Morgan fingerprint density at radius 3 is 2.37 bits per heavy atom.